The molecule has 0 atom stereocenters. The second-order valence-electron chi connectivity index (χ2n) is 6.24. The normalized spacial score (nSPS) is 11.4. The van der Waals surface area contributed by atoms with Gasteiger partial charge in [-0.15, -0.1) is 10.2 Å². The van der Waals surface area contributed by atoms with Crippen LogP contribution in [-0.2, 0) is 13.1 Å². The molecule has 25 heavy (non-hydrogen) atoms. The average Bonchev–Trinajstić information content (AvgIpc) is 3.23. The summed E-state index contributed by atoms with van der Waals surface area (Å²) < 4.78 is 16.7. The highest BCUT2D eigenvalue weighted by Gasteiger charge is 2.17. The Morgan fingerprint density at radius 2 is 1.76 bits per heavy atom. The van der Waals surface area contributed by atoms with Gasteiger partial charge in [-0.25, -0.2) is 0 Å². The van der Waals surface area contributed by atoms with E-state index in [9.17, 15) is 0 Å². The highest BCUT2D eigenvalue weighted by Crippen LogP contribution is 2.22. The minimum absolute atomic E-state index is 0.321. The number of aromatic nitrogens is 2. The number of furan rings is 1. The number of hydrogen-bond acceptors (Lipinski definition) is 6. The summed E-state index contributed by atoms with van der Waals surface area (Å²) in [5.41, 5.74) is 0.873. The van der Waals surface area contributed by atoms with Gasteiger partial charge in [0.2, 0.25) is 11.8 Å². The van der Waals surface area contributed by atoms with E-state index in [4.69, 9.17) is 13.6 Å². The van der Waals surface area contributed by atoms with Crippen LogP contribution in [0.15, 0.2) is 45.2 Å². The molecule has 132 valence electrons. The molecule has 2 aromatic heterocycles. The number of aryl methyl sites for hydroxylation is 1. The lowest BCUT2D eigenvalue weighted by molar-refractivity contribution is 0.170. The van der Waals surface area contributed by atoms with Crippen molar-refractivity contribution in [2.24, 2.45) is 0 Å². The first-order valence-corrected chi connectivity index (χ1v) is 8.31. The first-order valence-electron chi connectivity index (χ1n) is 8.31. The topological polar surface area (TPSA) is 64.5 Å². The first-order chi connectivity index (χ1) is 12.0. The number of methoxy groups -OCH3 is 1. The van der Waals surface area contributed by atoms with Crippen molar-refractivity contribution in [3.8, 4) is 17.2 Å². The highest BCUT2D eigenvalue weighted by molar-refractivity contribution is 5.53. The van der Waals surface area contributed by atoms with Gasteiger partial charge >= 0.3 is 0 Å². The molecule has 0 bridgehead atoms. The smallest absolute Gasteiger partial charge is 0.247 e. The minimum atomic E-state index is 0.321. The van der Waals surface area contributed by atoms with Crippen molar-refractivity contribution in [3.63, 3.8) is 0 Å². The van der Waals surface area contributed by atoms with Crippen LogP contribution in [0, 0.1) is 6.92 Å². The summed E-state index contributed by atoms with van der Waals surface area (Å²) in [6, 6.07) is 11.9. The minimum Gasteiger partial charge on any atom is -0.497 e. The van der Waals surface area contributed by atoms with Gasteiger partial charge in [-0.2, -0.15) is 0 Å². The Labute approximate surface area is 147 Å². The third-order valence-electron chi connectivity index (χ3n) is 4.03. The molecule has 2 heterocycles. The zero-order valence-electron chi connectivity index (χ0n) is 15.0. The number of nitrogens with zero attached hydrogens (tertiary/aromatic N) is 3. The van der Waals surface area contributed by atoms with E-state index < -0.39 is 0 Å². The van der Waals surface area contributed by atoms with E-state index in [2.05, 4.69) is 28.9 Å². The Hall–Kier alpha value is -2.60. The number of benzene rings is 1. The predicted molar refractivity (Wildman–Crippen MR) is 94.1 cm³/mol. The number of ether oxygens (including phenoxy) is 1. The second kappa shape index (κ2) is 7.53. The molecular formula is C19H23N3O3. The van der Waals surface area contributed by atoms with E-state index in [1.165, 1.54) is 0 Å². The van der Waals surface area contributed by atoms with E-state index in [0.717, 1.165) is 22.8 Å². The van der Waals surface area contributed by atoms with E-state index in [1.54, 1.807) is 7.11 Å². The molecule has 0 fully saturated rings. The quantitative estimate of drug-likeness (QED) is 0.646. The van der Waals surface area contributed by atoms with Crippen LogP contribution in [0.25, 0.3) is 11.5 Å². The fourth-order valence-corrected chi connectivity index (χ4v) is 2.53. The first kappa shape index (κ1) is 17.2. The van der Waals surface area contributed by atoms with E-state index in [-0.39, 0.29) is 0 Å². The maximum Gasteiger partial charge on any atom is 0.247 e. The van der Waals surface area contributed by atoms with Gasteiger partial charge in [0.15, 0.2) is 0 Å². The van der Waals surface area contributed by atoms with Gasteiger partial charge in [-0.05, 0) is 57.2 Å². The molecule has 6 nitrogen and oxygen atoms in total. The molecule has 1 aromatic carbocycles. The molecule has 3 rings (SSSR count). The van der Waals surface area contributed by atoms with Gasteiger partial charge in [0.25, 0.3) is 0 Å². The van der Waals surface area contributed by atoms with Gasteiger partial charge in [0.05, 0.1) is 20.2 Å². The van der Waals surface area contributed by atoms with Crippen molar-refractivity contribution < 1.29 is 13.6 Å². The molecule has 0 amide bonds. The lowest BCUT2D eigenvalue weighted by Gasteiger charge is -2.23. The maximum absolute atomic E-state index is 5.83. The summed E-state index contributed by atoms with van der Waals surface area (Å²) in [7, 11) is 1.64. The van der Waals surface area contributed by atoms with Crippen LogP contribution in [0.5, 0.6) is 5.75 Å². The summed E-state index contributed by atoms with van der Waals surface area (Å²) in [5.74, 6) is 3.74. The summed E-state index contributed by atoms with van der Waals surface area (Å²) in [5, 5.41) is 8.34. The largest absolute Gasteiger partial charge is 0.497 e. The SMILES string of the molecule is COc1ccc(-c2nnc(CN(Cc3ccc(C)o3)C(C)C)o2)cc1. The van der Waals surface area contributed by atoms with Crippen molar-refractivity contribution >= 4 is 0 Å². The van der Waals surface area contributed by atoms with Crippen LogP contribution < -0.4 is 4.74 Å². The zero-order valence-corrected chi connectivity index (χ0v) is 15.0. The second-order valence-corrected chi connectivity index (χ2v) is 6.24. The van der Waals surface area contributed by atoms with Crippen molar-refractivity contribution in [1.82, 2.24) is 15.1 Å². The van der Waals surface area contributed by atoms with Gasteiger partial charge < -0.3 is 13.6 Å². The Balaban J connectivity index is 1.71. The summed E-state index contributed by atoms with van der Waals surface area (Å²) in [6.07, 6.45) is 0. The van der Waals surface area contributed by atoms with Gasteiger partial charge in [-0.1, -0.05) is 0 Å². The van der Waals surface area contributed by atoms with Crippen molar-refractivity contribution in [2.45, 2.75) is 39.9 Å². The van der Waals surface area contributed by atoms with Crippen LogP contribution in [-0.4, -0.2) is 28.2 Å². The van der Waals surface area contributed by atoms with Crippen molar-refractivity contribution in [3.05, 3.63) is 53.8 Å². The molecular weight excluding hydrogens is 318 g/mol. The van der Waals surface area contributed by atoms with Gasteiger partial charge in [0, 0.05) is 11.6 Å². The van der Waals surface area contributed by atoms with Crippen LogP contribution >= 0.6 is 0 Å². The third kappa shape index (κ3) is 4.28. The highest BCUT2D eigenvalue weighted by atomic mass is 16.5. The molecule has 0 aliphatic rings. The fourth-order valence-electron chi connectivity index (χ4n) is 2.53. The van der Waals surface area contributed by atoms with Crippen LogP contribution in [0.1, 0.15) is 31.3 Å². The maximum atomic E-state index is 5.83. The van der Waals surface area contributed by atoms with Gasteiger partial charge in [-0.3, -0.25) is 4.90 Å². The van der Waals surface area contributed by atoms with Crippen LogP contribution in [0.4, 0.5) is 0 Å². The molecule has 0 saturated heterocycles. The number of hydrogen-bond donors (Lipinski definition) is 0. The number of rotatable bonds is 7. The zero-order chi connectivity index (χ0) is 17.8. The van der Waals surface area contributed by atoms with Crippen LogP contribution in [0.3, 0.4) is 0 Å². The molecule has 0 N–H and O–H groups in total. The van der Waals surface area contributed by atoms with E-state index in [0.29, 0.717) is 30.9 Å². The van der Waals surface area contributed by atoms with Crippen molar-refractivity contribution in [1.29, 1.82) is 0 Å². The Bertz CT molecular complexity index is 805. The summed E-state index contributed by atoms with van der Waals surface area (Å²) in [6.45, 7) is 7.49. The lowest BCUT2D eigenvalue weighted by Crippen LogP contribution is -2.29. The Morgan fingerprint density at radius 3 is 2.36 bits per heavy atom. The Kier molecular flexibility index (Phi) is 5.19. The molecule has 0 radical (unpaired) electrons. The molecule has 0 spiro atoms. The van der Waals surface area contributed by atoms with E-state index in [1.807, 2.05) is 43.3 Å². The average molecular weight is 341 g/mol. The Morgan fingerprint density at radius 1 is 1.00 bits per heavy atom. The monoisotopic (exact) mass is 341 g/mol. The third-order valence-corrected chi connectivity index (χ3v) is 4.03. The molecule has 0 aliphatic heterocycles. The lowest BCUT2D eigenvalue weighted by atomic mass is 10.2. The standard InChI is InChI=1S/C19H23N3O3/c1-13(2)22(11-17-8-5-14(3)24-17)12-18-20-21-19(25-18)15-6-9-16(23-4)10-7-15/h5-10,13H,11-12H2,1-4H3. The summed E-state index contributed by atoms with van der Waals surface area (Å²) >= 11 is 0. The molecule has 6 heteroatoms. The molecule has 0 unspecified atom stereocenters. The molecule has 0 saturated carbocycles. The van der Waals surface area contributed by atoms with E-state index >= 15 is 0 Å². The van der Waals surface area contributed by atoms with Gasteiger partial charge in [0.1, 0.15) is 17.3 Å². The van der Waals surface area contributed by atoms with Crippen LogP contribution in [0.2, 0.25) is 0 Å². The summed E-state index contributed by atoms with van der Waals surface area (Å²) in [4.78, 5) is 2.23. The fraction of sp³-hybridized carbons (Fsp3) is 0.368. The van der Waals surface area contributed by atoms with Crippen molar-refractivity contribution in [2.75, 3.05) is 7.11 Å². The molecule has 3 aromatic rings. The predicted octanol–water partition coefficient (Wildman–Crippen LogP) is 4.06. The molecule has 0 aliphatic carbocycles.